The smallest absolute Gasteiger partial charge is 0.363 e. The van der Waals surface area contributed by atoms with Crippen molar-refractivity contribution in [1.29, 1.82) is 0 Å². The van der Waals surface area contributed by atoms with Crippen LogP contribution in [0.2, 0.25) is 0 Å². The van der Waals surface area contributed by atoms with E-state index in [2.05, 4.69) is 4.99 Å². The average molecular weight is 337 g/mol. The maximum atomic E-state index is 12.0. The molecular formula is C19H15NO5. The van der Waals surface area contributed by atoms with Crippen molar-refractivity contribution < 1.29 is 24.2 Å². The van der Waals surface area contributed by atoms with Crippen molar-refractivity contribution in [2.75, 3.05) is 6.61 Å². The number of nitrogens with zero attached hydrogens (tertiary/aromatic N) is 1. The molecule has 0 radical (unpaired) electrons. The third-order valence-corrected chi connectivity index (χ3v) is 3.46. The molecule has 1 aliphatic heterocycles. The van der Waals surface area contributed by atoms with E-state index in [1.807, 2.05) is 31.2 Å². The predicted molar refractivity (Wildman–Crippen MR) is 91.4 cm³/mol. The highest BCUT2D eigenvalue weighted by Crippen LogP contribution is 2.20. The normalized spacial score (nSPS) is 15.0. The van der Waals surface area contributed by atoms with Crippen LogP contribution in [-0.2, 0) is 14.3 Å². The van der Waals surface area contributed by atoms with Gasteiger partial charge in [0.15, 0.2) is 12.3 Å². The summed E-state index contributed by atoms with van der Waals surface area (Å²) in [4.78, 5) is 26.7. The Hall–Kier alpha value is -3.41. The van der Waals surface area contributed by atoms with Crippen LogP contribution in [0.3, 0.4) is 0 Å². The number of carbonyl (C=O) groups is 2. The van der Waals surface area contributed by atoms with Gasteiger partial charge in [0.25, 0.3) is 0 Å². The lowest BCUT2D eigenvalue weighted by molar-refractivity contribution is -0.139. The molecule has 0 saturated heterocycles. The standard InChI is InChI=1S/C19H15NO5/c1-12-2-6-14(7-3-12)18-20-16(19(23)25-18)10-13-4-8-15(9-5-13)24-11-17(21)22/h2-10H,11H2,1H3,(H,21,22)/b16-10+. The molecule has 126 valence electrons. The molecule has 0 saturated carbocycles. The Balaban J connectivity index is 1.77. The summed E-state index contributed by atoms with van der Waals surface area (Å²) in [6.45, 7) is 1.57. The summed E-state index contributed by atoms with van der Waals surface area (Å²) in [7, 11) is 0. The molecule has 0 atom stereocenters. The summed E-state index contributed by atoms with van der Waals surface area (Å²) in [5, 5.41) is 8.58. The topological polar surface area (TPSA) is 85.2 Å². The van der Waals surface area contributed by atoms with Crippen LogP contribution in [0.5, 0.6) is 5.75 Å². The van der Waals surface area contributed by atoms with E-state index in [0.717, 1.165) is 16.7 Å². The molecular weight excluding hydrogens is 322 g/mol. The van der Waals surface area contributed by atoms with Gasteiger partial charge in [-0.1, -0.05) is 29.8 Å². The van der Waals surface area contributed by atoms with Gasteiger partial charge in [0.1, 0.15) is 5.75 Å². The van der Waals surface area contributed by atoms with Gasteiger partial charge in [0.2, 0.25) is 5.90 Å². The van der Waals surface area contributed by atoms with E-state index in [9.17, 15) is 9.59 Å². The van der Waals surface area contributed by atoms with E-state index < -0.39 is 18.5 Å². The second kappa shape index (κ2) is 7.00. The summed E-state index contributed by atoms with van der Waals surface area (Å²) in [5.74, 6) is -0.847. The zero-order valence-electron chi connectivity index (χ0n) is 13.4. The molecule has 1 aliphatic rings. The maximum Gasteiger partial charge on any atom is 0.363 e. The molecule has 25 heavy (non-hydrogen) atoms. The molecule has 0 spiro atoms. The Bertz CT molecular complexity index is 864. The first-order valence-electron chi connectivity index (χ1n) is 7.55. The van der Waals surface area contributed by atoms with Gasteiger partial charge in [-0.3, -0.25) is 0 Å². The van der Waals surface area contributed by atoms with Crippen molar-refractivity contribution in [2.24, 2.45) is 4.99 Å². The number of carboxylic acid groups (broad SMARTS) is 1. The van der Waals surface area contributed by atoms with E-state index in [1.165, 1.54) is 0 Å². The third-order valence-electron chi connectivity index (χ3n) is 3.46. The largest absolute Gasteiger partial charge is 0.482 e. The molecule has 0 unspecified atom stereocenters. The molecule has 0 aliphatic carbocycles. The van der Waals surface area contributed by atoms with Gasteiger partial charge >= 0.3 is 11.9 Å². The minimum absolute atomic E-state index is 0.203. The third kappa shape index (κ3) is 4.11. The van der Waals surface area contributed by atoms with Crippen LogP contribution in [0.15, 0.2) is 59.2 Å². The summed E-state index contributed by atoms with van der Waals surface area (Å²) >= 11 is 0. The van der Waals surface area contributed by atoms with Crippen molar-refractivity contribution in [3.05, 3.63) is 70.9 Å². The van der Waals surface area contributed by atoms with Crippen LogP contribution in [0.25, 0.3) is 6.08 Å². The Labute approximate surface area is 144 Å². The first kappa shape index (κ1) is 16.4. The highest BCUT2D eigenvalue weighted by Gasteiger charge is 2.23. The lowest BCUT2D eigenvalue weighted by atomic mass is 10.1. The summed E-state index contributed by atoms with van der Waals surface area (Å²) in [6, 6.07) is 14.2. The lowest BCUT2D eigenvalue weighted by Crippen LogP contribution is -2.09. The molecule has 0 aromatic heterocycles. The number of rotatable bonds is 5. The number of aryl methyl sites for hydroxylation is 1. The number of ether oxygens (including phenoxy) is 2. The second-order valence-corrected chi connectivity index (χ2v) is 5.45. The van der Waals surface area contributed by atoms with Crippen molar-refractivity contribution in [2.45, 2.75) is 6.92 Å². The monoisotopic (exact) mass is 337 g/mol. The van der Waals surface area contributed by atoms with Gasteiger partial charge in [0.05, 0.1) is 0 Å². The minimum atomic E-state index is -1.04. The van der Waals surface area contributed by atoms with Gasteiger partial charge in [-0.05, 0) is 42.8 Å². The number of cyclic esters (lactones) is 1. The Kier molecular flexibility index (Phi) is 4.61. The molecule has 0 bridgehead atoms. The van der Waals surface area contributed by atoms with Gasteiger partial charge in [-0.25, -0.2) is 14.6 Å². The molecule has 3 rings (SSSR count). The predicted octanol–water partition coefficient (Wildman–Crippen LogP) is 2.80. The quantitative estimate of drug-likeness (QED) is 0.670. The van der Waals surface area contributed by atoms with Gasteiger partial charge in [-0.2, -0.15) is 0 Å². The van der Waals surface area contributed by atoms with Crippen LogP contribution in [-0.4, -0.2) is 29.5 Å². The number of benzene rings is 2. The number of esters is 1. The number of hydrogen-bond donors (Lipinski definition) is 1. The van der Waals surface area contributed by atoms with Crippen molar-refractivity contribution in [3.63, 3.8) is 0 Å². The van der Waals surface area contributed by atoms with Crippen LogP contribution >= 0.6 is 0 Å². The van der Waals surface area contributed by atoms with Gasteiger partial charge in [-0.15, -0.1) is 0 Å². The zero-order chi connectivity index (χ0) is 17.8. The van der Waals surface area contributed by atoms with E-state index in [1.54, 1.807) is 30.3 Å². The highest BCUT2D eigenvalue weighted by atomic mass is 16.6. The lowest BCUT2D eigenvalue weighted by Gasteiger charge is -2.02. The highest BCUT2D eigenvalue weighted by molar-refractivity contribution is 6.12. The number of aliphatic carboxylic acids is 1. The fourth-order valence-corrected chi connectivity index (χ4v) is 2.19. The number of carboxylic acids is 1. The fraction of sp³-hybridized carbons (Fsp3) is 0.105. The number of hydrogen-bond acceptors (Lipinski definition) is 5. The Morgan fingerprint density at radius 2 is 1.84 bits per heavy atom. The second-order valence-electron chi connectivity index (χ2n) is 5.45. The zero-order valence-corrected chi connectivity index (χ0v) is 13.4. The Morgan fingerprint density at radius 3 is 2.48 bits per heavy atom. The molecule has 2 aromatic carbocycles. The average Bonchev–Trinajstić information content (AvgIpc) is 2.95. The number of aliphatic imine (C=N–C) groups is 1. The molecule has 6 nitrogen and oxygen atoms in total. The molecule has 1 heterocycles. The Morgan fingerprint density at radius 1 is 1.16 bits per heavy atom. The van der Waals surface area contributed by atoms with E-state index >= 15 is 0 Å². The fourth-order valence-electron chi connectivity index (χ4n) is 2.19. The number of carbonyl (C=O) groups excluding carboxylic acids is 1. The maximum absolute atomic E-state index is 12.0. The summed E-state index contributed by atoms with van der Waals surface area (Å²) < 4.78 is 10.3. The van der Waals surface area contributed by atoms with Gasteiger partial charge < -0.3 is 14.6 Å². The van der Waals surface area contributed by atoms with Crippen LogP contribution in [0.4, 0.5) is 0 Å². The van der Waals surface area contributed by atoms with Crippen LogP contribution in [0.1, 0.15) is 16.7 Å². The SMILES string of the molecule is Cc1ccc(C2=N/C(=C/c3ccc(OCC(=O)O)cc3)C(=O)O2)cc1. The van der Waals surface area contributed by atoms with E-state index in [0.29, 0.717) is 5.75 Å². The van der Waals surface area contributed by atoms with Crippen molar-refractivity contribution >= 4 is 23.9 Å². The molecule has 2 aromatic rings. The van der Waals surface area contributed by atoms with Crippen molar-refractivity contribution in [1.82, 2.24) is 0 Å². The van der Waals surface area contributed by atoms with E-state index in [4.69, 9.17) is 14.6 Å². The van der Waals surface area contributed by atoms with Crippen LogP contribution < -0.4 is 4.74 Å². The van der Waals surface area contributed by atoms with Crippen molar-refractivity contribution in [3.8, 4) is 5.75 Å². The molecule has 6 heteroatoms. The van der Waals surface area contributed by atoms with Crippen LogP contribution in [0, 0.1) is 6.92 Å². The molecule has 1 N–H and O–H groups in total. The minimum Gasteiger partial charge on any atom is -0.482 e. The summed E-state index contributed by atoms with van der Waals surface area (Å²) in [6.07, 6.45) is 1.60. The molecule has 0 amide bonds. The first-order chi connectivity index (χ1) is 12.0. The first-order valence-corrected chi connectivity index (χ1v) is 7.55. The summed E-state index contributed by atoms with van der Waals surface area (Å²) in [5.41, 5.74) is 2.77. The van der Waals surface area contributed by atoms with Gasteiger partial charge in [0, 0.05) is 5.56 Å². The molecule has 0 fully saturated rings. The van der Waals surface area contributed by atoms with E-state index in [-0.39, 0.29) is 11.6 Å².